The summed E-state index contributed by atoms with van der Waals surface area (Å²) in [7, 11) is -2.12. The highest BCUT2D eigenvalue weighted by Crippen LogP contribution is 2.27. The molecule has 0 spiro atoms. The lowest BCUT2D eigenvalue weighted by molar-refractivity contribution is -0.166. The molecule has 0 aliphatic heterocycles. The first-order chi connectivity index (χ1) is 15.5. The van der Waals surface area contributed by atoms with Crippen molar-refractivity contribution in [3.63, 3.8) is 0 Å². The maximum Gasteiger partial charge on any atom is 0.337 e. The first-order valence-corrected chi connectivity index (χ1v) is 12.4. The van der Waals surface area contributed by atoms with Crippen LogP contribution in [0.5, 0.6) is 0 Å². The number of anilines is 1. The summed E-state index contributed by atoms with van der Waals surface area (Å²) in [6, 6.07) is 16.3. The molecule has 3 aromatic rings. The molecule has 33 heavy (non-hydrogen) atoms. The summed E-state index contributed by atoms with van der Waals surface area (Å²) in [5.41, 5.74) is 2.25. The third-order valence-electron chi connectivity index (χ3n) is 4.83. The molecule has 1 N–H and O–H groups in total. The number of aromatic nitrogens is 2. The van der Waals surface area contributed by atoms with Crippen LogP contribution in [0, 0.1) is 0 Å². The van der Waals surface area contributed by atoms with Crippen molar-refractivity contribution < 1.29 is 22.7 Å². The van der Waals surface area contributed by atoms with Crippen LogP contribution in [0.1, 0.15) is 25.1 Å². The second-order valence-corrected chi connectivity index (χ2v) is 10.2. The van der Waals surface area contributed by atoms with E-state index in [1.54, 1.807) is 42.8 Å². The predicted molar refractivity (Wildman–Crippen MR) is 128 cm³/mol. The molecule has 0 unspecified atom stereocenters. The van der Waals surface area contributed by atoms with Gasteiger partial charge < -0.3 is 9.47 Å². The Morgan fingerprint density at radius 1 is 1.15 bits per heavy atom. The van der Waals surface area contributed by atoms with Crippen molar-refractivity contribution in [3.8, 4) is 11.3 Å². The maximum absolute atomic E-state index is 11.9. The molecule has 0 saturated carbocycles. The summed E-state index contributed by atoms with van der Waals surface area (Å²) in [5.74, 6) is -0.488. The van der Waals surface area contributed by atoms with E-state index < -0.39 is 21.6 Å². The number of ether oxygens (including phenoxy) is 2. The van der Waals surface area contributed by atoms with Crippen LogP contribution in [0.25, 0.3) is 11.3 Å². The molecule has 0 fully saturated rings. The summed E-state index contributed by atoms with van der Waals surface area (Å²) in [4.78, 5) is 11.9. The Balaban J connectivity index is 1.98. The van der Waals surface area contributed by atoms with E-state index in [2.05, 4.69) is 9.82 Å². The van der Waals surface area contributed by atoms with E-state index in [0.29, 0.717) is 22.9 Å². The van der Waals surface area contributed by atoms with Crippen LogP contribution in [0.3, 0.4) is 0 Å². The fraction of sp³-hybridized carbons (Fsp3) is 0.304. The number of hydrogen-bond donors (Lipinski definition) is 1. The van der Waals surface area contributed by atoms with Gasteiger partial charge in [0.1, 0.15) is 0 Å². The average molecular weight is 492 g/mol. The monoisotopic (exact) mass is 491 g/mol. The number of nitrogens with one attached hydrogen (secondary N) is 1. The number of benzene rings is 2. The van der Waals surface area contributed by atoms with Crippen LogP contribution in [0.2, 0.25) is 5.02 Å². The van der Waals surface area contributed by atoms with Crippen LogP contribution in [-0.4, -0.2) is 43.1 Å². The van der Waals surface area contributed by atoms with E-state index in [1.807, 2.05) is 30.3 Å². The molecular formula is C23H26ClN3O5S. The lowest BCUT2D eigenvalue weighted by Gasteiger charge is -2.21. The van der Waals surface area contributed by atoms with Crippen molar-refractivity contribution >= 4 is 33.3 Å². The van der Waals surface area contributed by atoms with Crippen molar-refractivity contribution in [1.29, 1.82) is 0 Å². The maximum atomic E-state index is 11.9. The molecule has 0 aliphatic carbocycles. The third-order valence-corrected chi connectivity index (χ3v) is 5.80. The van der Waals surface area contributed by atoms with Gasteiger partial charge in [0, 0.05) is 16.3 Å². The van der Waals surface area contributed by atoms with Gasteiger partial charge in [0.25, 0.3) is 0 Å². The second kappa shape index (κ2) is 9.94. The molecule has 176 valence electrons. The molecule has 0 saturated heterocycles. The Morgan fingerprint density at radius 2 is 1.88 bits per heavy atom. The van der Waals surface area contributed by atoms with E-state index in [-0.39, 0.29) is 6.61 Å². The number of carbonyl (C=O) groups is 1. The number of esters is 1. The summed E-state index contributed by atoms with van der Waals surface area (Å²) in [5, 5.41) is 5.27. The Hall–Kier alpha value is -2.88. The minimum absolute atomic E-state index is 0.0753. The fourth-order valence-corrected chi connectivity index (χ4v) is 3.95. The number of hydrogen-bond acceptors (Lipinski definition) is 6. The molecule has 1 heterocycles. The Labute approximate surface area is 198 Å². The molecule has 10 heteroatoms. The van der Waals surface area contributed by atoms with E-state index in [9.17, 15) is 13.2 Å². The SMILES string of the molecule is COC(=O)C(C)(C)OCc1cc(-c2cccc(NS(C)(=O)=O)c2)n(Cc2ccccc2Cl)n1. The molecule has 0 radical (unpaired) electrons. The van der Waals surface area contributed by atoms with Gasteiger partial charge in [-0.1, -0.05) is 41.9 Å². The zero-order valence-corrected chi connectivity index (χ0v) is 20.4. The quantitative estimate of drug-likeness (QED) is 0.452. The van der Waals surface area contributed by atoms with Gasteiger partial charge in [-0.3, -0.25) is 9.40 Å². The number of carbonyl (C=O) groups excluding carboxylic acids is 1. The minimum Gasteiger partial charge on any atom is -0.467 e. The van der Waals surface area contributed by atoms with Gasteiger partial charge in [-0.05, 0) is 43.7 Å². The summed E-state index contributed by atoms with van der Waals surface area (Å²) in [6.07, 6.45) is 1.10. The van der Waals surface area contributed by atoms with Crippen molar-refractivity contribution in [3.05, 3.63) is 70.9 Å². The largest absolute Gasteiger partial charge is 0.467 e. The summed E-state index contributed by atoms with van der Waals surface area (Å²) >= 11 is 6.36. The van der Waals surface area contributed by atoms with E-state index in [0.717, 1.165) is 23.1 Å². The van der Waals surface area contributed by atoms with Crippen molar-refractivity contribution in [2.45, 2.75) is 32.6 Å². The third kappa shape index (κ3) is 6.56. The standard InChI is InChI=1S/C23H26ClN3O5S/c1-23(2,22(28)31-3)32-15-19-13-21(16-9-7-10-18(12-16)26-33(4,29)30)27(25-19)14-17-8-5-6-11-20(17)24/h5-13,26H,14-15H2,1-4H3. The molecule has 8 nitrogen and oxygen atoms in total. The molecular weight excluding hydrogens is 466 g/mol. The number of nitrogens with zero attached hydrogens (tertiary/aromatic N) is 2. The number of sulfonamides is 1. The molecule has 3 rings (SSSR count). The zero-order chi connectivity index (χ0) is 24.2. The van der Waals surface area contributed by atoms with Gasteiger partial charge in [0.05, 0.1) is 37.9 Å². The lowest BCUT2D eigenvalue weighted by Crippen LogP contribution is -2.35. The van der Waals surface area contributed by atoms with Crippen LogP contribution >= 0.6 is 11.6 Å². The Morgan fingerprint density at radius 3 is 2.55 bits per heavy atom. The van der Waals surface area contributed by atoms with Crippen LogP contribution < -0.4 is 4.72 Å². The molecule has 2 aromatic carbocycles. The fourth-order valence-electron chi connectivity index (χ4n) is 3.20. The van der Waals surface area contributed by atoms with Crippen molar-refractivity contribution in [2.24, 2.45) is 0 Å². The van der Waals surface area contributed by atoms with E-state index >= 15 is 0 Å². The summed E-state index contributed by atoms with van der Waals surface area (Å²) in [6.45, 7) is 3.71. The first-order valence-electron chi connectivity index (χ1n) is 10.1. The van der Waals surface area contributed by atoms with Gasteiger partial charge in [0.2, 0.25) is 10.0 Å². The number of methoxy groups -OCH3 is 1. The second-order valence-electron chi connectivity index (χ2n) is 8.02. The van der Waals surface area contributed by atoms with Gasteiger partial charge in [0.15, 0.2) is 5.60 Å². The van der Waals surface area contributed by atoms with Gasteiger partial charge in [-0.2, -0.15) is 5.10 Å². The average Bonchev–Trinajstić information content (AvgIpc) is 3.15. The normalized spacial score (nSPS) is 11.9. The smallest absolute Gasteiger partial charge is 0.337 e. The van der Waals surface area contributed by atoms with Crippen LogP contribution in [0.15, 0.2) is 54.6 Å². The van der Waals surface area contributed by atoms with Crippen LogP contribution in [-0.2, 0) is 37.4 Å². The van der Waals surface area contributed by atoms with Gasteiger partial charge in [-0.15, -0.1) is 0 Å². The highest BCUT2D eigenvalue weighted by Gasteiger charge is 2.30. The molecule has 0 aliphatic rings. The number of rotatable bonds is 9. The first kappa shape index (κ1) is 24.8. The molecule has 0 atom stereocenters. The summed E-state index contributed by atoms with van der Waals surface area (Å²) < 4.78 is 38.1. The van der Waals surface area contributed by atoms with Crippen molar-refractivity contribution in [2.75, 3.05) is 18.1 Å². The number of halogens is 1. The van der Waals surface area contributed by atoms with E-state index in [1.165, 1.54) is 7.11 Å². The van der Waals surface area contributed by atoms with Gasteiger partial charge >= 0.3 is 5.97 Å². The molecule has 0 amide bonds. The highest BCUT2D eigenvalue weighted by atomic mass is 35.5. The molecule has 1 aromatic heterocycles. The van der Waals surface area contributed by atoms with Crippen LogP contribution in [0.4, 0.5) is 5.69 Å². The topological polar surface area (TPSA) is 99.5 Å². The van der Waals surface area contributed by atoms with E-state index in [4.69, 9.17) is 21.1 Å². The van der Waals surface area contributed by atoms with Gasteiger partial charge in [-0.25, -0.2) is 13.2 Å². The highest BCUT2D eigenvalue weighted by molar-refractivity contribution is 7.92. The van der Waals surface area contributed by atoms with Crippen molar-refractivity contribution in [1.82, 2.24) is 9.78 Å². The lowest BCUT2D eigenvalue weighted by atomic mass is 10.1. The Kier molecular flexibility index (Phi) is 7.46. The molecule has 0 bridgehead atoms. The minimum atomic E-state index is -3.42. The predicted octanol–water partition coefficient (Wildman–Crippen LogP) is 4.09. The zero-order valence-electron chi connectivity index (χ0n) is 18.8. The Bertz CT molecular complexity index is 1250.